The van der Waals surface area contributed by atoms with Crippen LogP contribution in [0.25, 0.3) is 16.9 Å². The SMILES string of the molecule is CCOSOc1cc(C2CC2)cnc1-n1nc2ncc(C)cc2c1OC. The van der Waals surface area contributed by atoms with Crippen LogP contribution in [0.4, 0.5) is 0 Å². The van der Waals surface area contributed by atoms with Gasteiger partial charge in [0.25, 0.3) is 0 Å². The van der Waals surface area contributed by atoms with Crippen molar-refractivity contribution < 1.29 is 13.1 Å². The van der Waals surface area contributed by atoms with Crippen LogP contribution in [-0.4, -0.2) is 33.5 Å². The molecule has 3 aromatic heterocycles. The van der Waals surface area contributed by atoms with E-state index in [1.165, 1.54) is 18.4 Å². The Balaban J connectivity index is 1.82. The molecule has 0 amide bonds. The molecule has 1 fully saturated rings. The van der Waals surface area contributed by atoms with Gasteiger partial charge in [-0.25, -0.2) is 9.97 Å². The van der Waals surface area contributed by atoms with Gasteiger partial charge in [-0.3, -0.25) is 4.18 Å². The summed E-state index contributed by atoms with van der Waals surface area (Å²) >= 11 is 0.941. The normalized spacial score (nSPS) is 14.0. The fourth-order valence-corrected chi connectivity index (χ4v) is 3.16. The van der Waals surface area contributed by atoms with Crippen LogP contribution >= 0.6 is 12.3 Å². The number of hydrogen-bond acceptors (Lipinski definition) is 7. The van der Waals surface area contributed by atoms with Crippen LogP contribution in [0.2, 0.25) is 0 Å². The number of ether oxygens (including phenoxy) is 1. The van der Waals surface area contributed by atoms with Gasteiger partial charge in [-0.1, -0.05) is 0 Å². The van der Waals surface area contributed by atoms with E-state index in [2.05, 4.69) is 15.1 Å². The van der Waals surface area contributed by atoms with Crippen molar-refractivity contribution >= 4 is 23.4 Å². The first-order valence-electron chi connectivity index (χ1n) is 8.57. The zero-order valence-corrected chi connectivity index (χ0v) is 15.7. The number of nitrogens with zero attached hydrogens (tertiary/aromatic N) is 4. The minimum atomic E-state index is 0.550. The van der Waals surface area contributed by atoms with Gasteiger partial charge in [0.2, 0.25) is 24.0 Å². The predicted molar refractivity (Wildman–Crippen MR) is 99.8 cm³/mol. The van der Waals surface area contributed by atoms with Crippen LogP contribution in [-0.2, 0) is 4.18 Å². The number of aryl methyl sites for hydroxylation is 1. The fourth-order valence-electron chi connectivity index (χ4n) is 2.81. The second kappa shape index (κ2) is 7.13. The summed E-state index contributed by atoms with van der Waals surface area (Å²) in [5, 5.41) is 5.40. The Morgan fingerprint density at radius 2 is 2.08 bits per heavy atom. The van der Waals surface area contributed by atoms with E-state index < -0.39 is 0 Å². The topological polar surface area (TPSA) is 71.3 Å². The lowest BCUT2D eigenvalue weighted by atomic mass is 10.2. The molecule has 0 atom stereocenters. The van der Waals surface area contributed by atoms with Gasteiger partial charge >= 0.3 is 0 Å². The van der Waals surface area contributed by atoms with Crippen molar-refractivity contribution in [3.05, 3.63) is 35.7 Å². The Hall–Kier alpha value is -2.32. The Morgan fingerprint density at radius 1 is 1.23 bits per heavy atom. The molecule has 1 aliphatic rings. The number of methoxy groups -OCH3 is 1. The number of pyridine rings is 2. The quantitative estimate of drug-likeness (QED) is 0.459. The third-order valence-corrected chi connectivity index (χ3v) is 4.79. The van der Waals surface area contributed by atoms with Crippen molar-refractivity contribution in [3.63, 3.8) is 0 Å². The maximum atomic E-state index is 5.76. The summed E-state index contributed by atoms with van der Waals surface area (Å²) in [5.74, 6) is 2.29. The van der Waals surface area contributed by atoms with Gasteiger partial charge in [-0.15, -0.1) is 5.10 Å². The molecule has 1 saturated carbocycles. The average Bonchev–Trinajstić information content (AvgIpc) is 3.43. The first kappa shape index (κ1) is 17.1. The summed E-state index contributed by atoms with van der Waals surface area (Å²) in [4.78, 5) is 9.00. The predicted octanol–water partition coefficient (Wildman–Crippen LogP) is 3.99. The summed E-state index contributed by atoms with van der Waals surface area (Å²) in [6, 6.07) is 4.01. The highest BCUT2D eigenvalue weighted by atomic mass is 32.2. The molecule has 4 rings (SSSR count). The lowest BCUT2D eigenvalue weighted by Gasteiger charge is -2.12. The fraction of sp³-hybridized carbons (Fsp3) is 0.389. The molecule has 1 aliphatic carbocycles. The standard InChI is InChI=1S/C18H20N4O3S/c1-4-24-26-25-15-8-13(12-5-6-12)10-20-17(15)22-18(23-3)14-7-11(2)9-19-16(14)21-22/h7-10,12H,4-6H2,1-3H3. The number of hydrogen-bond donors (Lipinski definition) is 0. The van der Waals surface area contributed by atoms with Gasteiger partial charge in [-0.2, -0.15) is 4.68 Å². The largest absolute Gasteiger partial charge is 0.480 e. The van der Waals surface area contributed by atoms with Crippen molar-refractivity contribution in [1.82, 2.24) is 19.7 Å². The maximum Gasteiger partial charge on any atom is 0.227 e. The molecular weight excluding hydrogens is 352 g/mol. The molecule has 26 heavy (non-hydrogen) atoms. The van der Waals surface area contributed by atoms with Crippen LogP contribution < -0.4 is 8.92 Å². The molecule has 7 nitrogen and oxygen atoms in total. The van der Waals surface area contributed by atoms with E-state index in [-0.39, 0.29) is 0 Å². The highest BCUT2D eigenvalue weighted by Gasteiger charge is 2.27. The van der Waals surface area contributed by atoms with Gasteiger partial charge in [0.15, 0.2) is 11.4 Å². The summed E-state index contributed by atoms with van der Waals surface area (Å²) in [6.45, 7) is 4.44. The van der Waals surface area contributed by atoms with E-state index in [1.807, 2.05) is 32.2 Å². The van der Waals surface area contributed by atoms with Crippen LogP contribution in [0.3, 0.4) is 0 Å². The first-order chi connectivity index (χ1) is 12.7. The minimum Gasteiger partial charge on any atom is -0.480 e. The first-order valence-corrected chi connectivity index (χ1v) is 9.23. The van der Waals surface area contributed by atoms with Crippen molar-refractivity contribution in [2.75, 3.05) is 13.7 Å². The molecular formula is C18H20N4O3S. The summed E-state index contributed by atoms with van der Waals surface area (Å²) in [5.41, 5.74) is 2.81. The van der Waals surface area contributed by atoms with E-state index in [9.17, 15) is 0 Å². The zero-order valence-electron chi connectivity index (χ0n) is 14.9. The minimum absolute atomic E-state index is 0.550. The Labute approximate surface area is 156 Å². The second-order valence-corrected chi connectivity index (χ2v) is 6.77. The molecule has 0 aromatic carbocycles. The van der Waals surface area contributed by atoms with E-state index in [0.717, 1.165) is 23.3 Å². The maximum absolute atomic E-state index is 5.76. The molecule has 0 unspecified atom stereocenters. The molecule has 0 N–H and O–H groups in total. The molecule has 3 aromatic rings. The molecule has 0 spiro atoms. The Morgan fingerprint density at radius 3 is 2.81 bits per heavy atom. The second-order valence-electron chi connectivity index (χ2n) is 6.23. The van der Waals surface area contributed by atoms with Crippen molar-refractivity contribution in [2.45, 2.75) is 32.6 Å². The van der Waals surface area contributed by atoms with E-state index >= 15 is 0 Å². The summed E-state index contributed by atoms with van der Waals surface area (Å²) in [7, 11) is 1.61. The van der Waals surface area contributed by atoms with Crippen LogP contribution in [0.1, 0.15) is 36.8 Å². The molecule has 0 bridgehead atoms. The van der Waals surface area contributed by atoms with Gasteiger partial charge in [0.1, 0.15) is 0 Å². The number of rotatable bonds is 7. The van der Waals surface area contributed by atoms with Crippen LogP contribution in [0.15, 0.2) is 24.5 Å². The van der Waals surface area contributed by atoms with Crippen molar-refractivity contribution in [3.8, 4) is 17.4 Å². The molecule has 8 heteroatoms. The highest BCUT2D eigenvalue weighted by molar-refractivity contribution is 7.90. The smallest absolute Gasteiger partial charge is 0.227 e. The van der Waals surface area contributed by atoms with Crippen LogP contribution in [0, 0.1) is 6.92 Å². The van der Waals surface area contributed by atoms with E-state index in [4.69, 9.17) is 13.1 Å². The lowest BCUT2D eigenvalue weighted by Crippen LogP contribution is -2.05. The Bertz CT molecular complexity index is 940. The van der Waals surface area contributed by atoms with Crippen LogP contribution in [0.5, 0.6) is 11.6 Å². The lowest BCUT2D eigenvalue weighted by molar-refractivity contribution is 0.366. The molecule has 0 radical (unpaired) electrons. The number of fused-ring (bicyclic) bond motifs is 1. The zero-order chi connectivity index (χ0) is 18.1. The number of aromatic nitrogens is 4. The van der Waals surface area contributed by atoms with E-state index in [1.54, 1.807) is 18.0 Å². The monoisotopic (exact) mass is 372 g/mol. The summed E-state index contributed by atoms with van der Waals surface area (Å²) in [6.07, 6.45) is 6.05. The average molecular weight is 372 g/mol. The third-order valence-electron chi connectivity index (χ3n) is 4.21. The third kappa shape index (κ3) is 3.22. The van der Waals surface area contributed by atoms with Gasteiger partial charge in [-0.05, 0) is 55.9 Å². The highest BCUT2D eigenvalue weighted by Crippen LogP contribution is 2.42. The van der Waals surface area contributed by atoms with E-state index in [0.29, 0.717) is 35.6 Å². The molecule has 0 aliphatic heterocycles. The van der Waals surface area contributed by atoms with Gasteiger partial charge < -0.3 is 8.92 Å². The van der Waals surface area contributed by atoms with Gasteiger partial charge in [0.05, 0.1) is 19.1 Å². The van der Waals surface area contributed by atoms with Crippen molar-refractivity contribution in [1.29, 1.82) is 0 Å². The molecule has 0 saturated heterocycles. The molecule has 3 heterocycles. The molecule has 136 valence electrons. The summed E-state index contributed by atoms with van der Waals surface area (Å²) < 4.78 is 18.3. The Kier molecular flexibility index (Phi) is 4.69. The van der Waals surface area contributed by atoms with Gasteiger partial charge in [0, 0.05) is 12.4 Å². The van der Waals surface area contributed by atoms with Crippen molar-refractivity contribution in [2.24, 2.45) is 0 Å².